The summed E-state index contributed by atoms with van der Waals surface area (Å²) < 4.78 is 33.2. The van der Waals surface area contributed by atoms with Crippen molar-refractivity contribution < 1.29 is 42.7 Å². The van der Waals surface area contributed by atoms with Gasteiger partial charge in [0.05, 0.1) is 19.8 Å². The van der Waals surface area contributed by atoms with E-state index < -0.39 is 45.1 Å². The van der Waals surface area contributed by atoms with Crippen LogP contribution in [0.1, 0.15) is 168 Å². The molecule has 11 heteroatoms. The average molecular weight is 718 g/mol. The number of esters is 1. The molecule has 0 saturated carbocycles. The summed E-state index contributed by atoms with van der Waals surface area (Å²) in [7, 11) is -4.61. The molecule has 0 spiro atoms. The van der Waals surface area contributed by atoms with Gasteiger partial charge >= 0.3 is 19.8 Å². The Labute approximate surface area is 298 Å². The number of carbonyl (C=O) groups excluding carboxylic acids is 1. The molecule has 0 saturated heterocycles. The van der Waals surface area contributed by atoms with Gasteiger partial charge in [-0.2, -0.15) is 0 Å². The number of ether oxygens (including phenoxy) is 2. The molecule has 0 aliphatic rings. The summed E-state index contributed by atoms with van der Waals surface area (Å²) in [5.74, 6) is -1.78. The largest absolute Gasteiger partial charge is 0.480 e. The first-order chi connectivity index (χ1) is 23.7. The number of hydrogen-bond acceptors (Lipinski definition) is 8. The van der Waals surface area contributed by atoms with Crippen molar-refractivity contribution in [3.63, 3.8) is 0 Å². The summed E-state index contributed by atoms with van der Waals surface area (Å²) in [5.41, 5.74) is 5.34. The van der Waals surface area contributed by atoms with Crippen LogP contribution in [-0.2, 0) is 32.7 Å². The van der Waals surface area contributed by atoms with Crippen molar-refractivity contribution in [1.29, 1.82) is 0 Å². The second-order valence-corrected chi connectivity index (χ2v) is 14.5. The number of carboxylic acids is 1. The third-order valence-corrected chi connectivity index (χ3v) is 9.17. The van der Waals surface area contributed by atoms with E-state index in [0.717, 1.165) is 51.4 Å². The molecular weight excluding hydrogens is 645 g/mol. The molecule has 0 heterocycles. The van der Waals surface area contributed by atoms with Crippen LogP contribution in [0.25, 0.3) is 0 Å². The minimum absolute atomic E-state index is 0.0128. The molecule has 0 radical (unpaired) electrons. The molecule has 0 amide bonds. The Morgan fingerprint density at radius 2 is 1.16 bits per heavy atom. The highest BCUT2D eigenvalue weighted by Gasteiger charge is 2.27. The summed E-state index contributed by atoms with van der Waals surface area (Å²) in [5, 5.41) is 8.86. The number of allylic oxidation sites excluding steroid dienone is 4. The van der Waals surface area contributed by atoms with Crippen molar-refractivity contribution in [1.82, 2.24) is 0 Å². The predicted octanol–water partition coefficient (Wildman–Crippen LogP) is 9.97. The second-order valence-electron chi connectivity index (χ2n) is 13.1. The molecule has 3 atom stereocenters. The Balaban J connectivity index is 4.30. The van der Waals surface area contributed by atoms with Gasteiger partial charge in [0.2, 0.25) is 0 Å². The fourth-order valence-corrected chi connectivity index (χ4v) is 5.95. The van der Waals surface area contributed by atoms with Gasteiger partial charge in [-0.25, -0.2) is 4.57 Å². The zero-order valence-electron chi connectivity index (χ0n) is 31.0. The first-order valence-electron chi connectivity index (χ1n) is 19.4. The topological polar surface area (TPSA) is 155 Å². The van der Waals surface area contributed by atoms with Gasteiger partial charge in [-0.05, 0) is 38.5 Å². The fourth-order valence-electron chi connectivity index (χ4n) is 5.17. The summed E-state index contributed by atoms with van der Waals surface area (Å²) in [4.78, 5) is 33.4. The Morgan fingerprint density at radius 3 is 1.73 bits per heavy atom. The highest BCUT2D eigenvalue weighted by Crippen LogP contribution is 2.43. The van der Waals surface area contributed by atoms with Crippen LogP contribution < -0.4 is 5.73 Å². The zero-order chi connectivity index (χ0) is 36.3. The molecule has 0 rings (SSSR count). The maximum Gasteiger partial charge on any atom is 0.472 e. The third kappa shape index (κ3) is 34.7. The molecule has 49 heavy (non-hydrogen) atoms. The molecule has 0 aliphatic carbocycles. The van der Waals surface area contributed by atoms with Crippen LogP contribution in [0.15, 0.2) is 24.3 Å². The highest BCUT2D eigenvalue weighted by atomic mass is 31.2. The normalized spacial score (nSPS) is 14.4. The van der Waals surface area contributed by atoms with E-state index in [4.69, 9.17) is 29.4 Å². The lowest BCUT2D eigenvalue weighted by Gasteiger charge is -2.20. The lowest BCUT2D eigenvalue weighted by Crippen LogP contribution is -2.34. The maximum atomic E-state index is 12.6. The number of nitrogens with two attached hydrogens (primary N) is 1. The van der Waals surface area contributed by atoms with Crippen LogP contribution in [-0.4, -0.2) is 60.5 Å². The van der Waals surface area contributed by atoms with Crippen LogP contribution in [0.2, 0.25) is 0 Å². The summed E-state index contributed by atoms with van der Waals surface area (Å²) in [6, 6.07) is -1.47. The SMILES string of the molecule is CCC/C=C\C/C=C\CCCCCCCCOCC(COP(=O)(O)OCC(N)C(=O)O)OC(=O)CCCCCCCCCCCCCCC. The standard InChI is InChI=1S/C38H72NO9P/c1-3-5-7-9-11-13-15-17-19-21-23-25-27-29-31-45-32-35(33-46-49(43,44)47-34-36(39)38(41)42)48-37(40)30-28-26-24-22-20-18-16-14-12-10-8-6-4-2/h7,9,13,15,35-36H,3-6,8,10-12,14,16-34,39H2,1-2H3,(H,41,42)(H,43,44)/b9-7-,15-13-. The molecule has 4 N–H and O–H groups in total. The number of unbranched alkanes of at least 4 members (excludes halogenated alkanes) is 19. The van der Waals surface area contributed by atoms with Crippen molar-refractivity contribution in [3.8, 4) is 0 Å². The Kier molecular flexibility index (Phi) is 33.8. The Morgan fingerprint density at radius 1 is 0.653 bits per heavy atom. The van der Waals surface area contributed by atoms with E-state index in [9.17, 15) is 19.0 Å². The van der Waals surface area contributed by atoms with Crippen LogP contribution in [0.5, 0.6) is 0 Å². The summed E-state index contributed by atoms with van der Waals surface area (Å²) in [6.07, 6.45) is 35.1. The molecule has 288 valence electrons. The molecule has 0 fully saturated rings. The van der Waals surface area contributed by atoms with Crippen LogP contribution >= 0.6 is 7.82 Å². The van der Waals surface area contributed by atoms with E-state index >= 15 is 0 Å². The second kappa shape index (κ2) is 34.9. The molecule has 0 aromatic carbocycles. The van der Waals surface area contributed by atoms with E-state index in [2.05, 4.69) is 38.2 Å². The van der Waals surface area contributed by atoms with Crippen LogP contribution in [0.4, 0.5) is 0 Å². The van der Waals surface area contributed by atoms with Crippen LogP contribution in [0, 0.1) is 0 Å². The number of phosphoric ester groups is 1. The molecule has 10 nitrogen and oxygen atoms in total. The van der Waals surface area contributed by atoms with E-state index in [1.165, 1.54) is 89.9 Å². The lowest BCUT2D eigenvalue weighted by molar-refractivity contribution is -0.154. The zero-order valence-corrected chi connectivity index (χ0v) is 31.9. The number of carboxylic acid groups (broad SMARTS) is 1. The van der Waals surface area contributed by atoms with E-state index in [0.29, 0.717) is 13.0 Å². The number of hydrogen-bond donors (Lipinski definition) is 3. The van der Waals surface area contributed by atoms with Gasteiger partial charge in [-0.1, -0.05) is 147 Å². The molecule has 0 bridgehead atoms. The van der Waals surface area contributed by atoms with Gasteiger partial charge in [-0.3, -0.25) is 18.6 Å². The molecule has 0 aromatic rings. The smallest absolute Gasteiger partial charge is 0.472 e. The first kappa shape index (κ1) is 47.4. The quantitative estimate of drug-likeness (QED) is 0.0245. The van der Waals surface area contributed by atoms with Crippen molar-refractivity contribution in [2.75, 3.05) is 26.4 Å². The average Bonchev–Trinajstić information content (AvgIpc) is 3.07. The summed E-state index contributed by atoms with van der Waals surface area (Å²) >= 11 is 0. The fraction of sp³-hybridized carbons (Fsp3) is 0.842. The number of rotatable bonds is 37. The van der Waals surface area contributed by atoms with E-state index in [1.54, 1.807) is 0 Å². The third-order valence-electron chi connectivity index (χ3n) is 8.21. The number of carbonyl (C=O) groups is 2. The molecular formula is C38H72NO9P. The van der Waals surface area contributed by atoms with Crippen molar-refractivity contribution in [2.45, 2.75) is 180 Å². The lowest BCUT2D eigenvalue weighted by atomic mass is 10.0. The number of aliphatic carboxylic acids is 1. The van der Waals surface area contributed by atoms with Gasteiger partial charge in [0.25, 0.3) is 0 Å². The number of phosphoric acid groups is 1. The van der Waals surface area contributed by atoms with Crippen molar-refractivity contribution >= 4 is 19.8 Å². The van der Waals surface area contributed by atoms with Crippen molar-refractivity contribution in [3.05, 3.63) is 24.3 Å². The van der Waals surface area contributed by atoms with Crippen molar-refractivity contribution in [2.24, 2.45) is 5.73 Å². The summed E-state index contributed by atoms with van der Waals surface area (Å²) in [6.45, 7) is 3.79. The van der Waals surface area contributed by atoms with Crippen LogP contribution in [0.3, 0.4) is 0 Å². The minimum Gasteiger partial charge on any atom is -0.480 e. The minimum atomic E-state index is -4.61. The van der Waals surface area contributed by atoms with Gasteiger partial charge in [0, 0.05) is 13.0 Å². The van der Waals surface area contributed by atoms with Gasteiger partial charge in [0.15, 0.2) is 0 Å². The monoisotopic (exact) mass is 717 g/mol. The van der Waals surface area contributed by atoms with E-state index in [1.807, 2.05) is 0 Å². The Hall–Kier alpha value is -1.55. The maximum absolute atomic E-state index is 12.6. The molecule has 3 unspecified atom stereocenters. The molecule has 0 aliphatic heterocycles. The first-order valence-corrected chi connectivity index (χ1v) is 20.9. The van der Waals surface area contributed by atoms with Gasteiger partial charge in [-0.15, -0.1) is 0 Å². The Bertz CT molecular complexity index is 883. The predicted molar refractivity (Wildman–Crippen MR) is 198 cm³/mol. The van der Waals surface area contributed by atoms with Gasteiger partial charge < -0.3 is 25.2 Å². The van der Waals surface area contributed by atoms with Gasteiger partial charge in [0.1, 0.15) is 12.1 Å². The molecule has 0 aromatic heterocycles. The van der Waals surface area contributed by atoms with E-state index in [-0.39, 0.29) is 13.0 Å². The highest BCUT2D eigenvalue weighted by molar-refractivity contribution is 7.47.